The van der Waals surface area contributed by atoms with Crippen LogP contribution in [0.25, 0.3) is 0 Å². The predicted molar refractivity (Wildman–Crippen MR) is 74.8 cm³/mol. The average molecular weight is 331 g/mol. The summed E-state index contributed by atoms with van der Waals surface area (Å²) in [5.41, 5.74) is 0. The maximum atomic E-state index is 12.0. The van der Waals surface area contributed by atoms with E-state index in [1.807, 2.05) is 31.5 Å². The van der Waals surface area contributed by atoms with Gasteiger partial charge in [0.15, 0.2) is 0 Å². The molecule has 3 nitrogen and oxygen atoms in total. The van der Waals surface area contributed by atoms with E-state index >= 15 is 0 Å². The van der Waals surface area contributed by atoms with Crippen LogP contribution in [-0.4, -0.2) is 10.9 Å². The molecule has 2 rings (SSSR count). The third-order valence-corrected chi connectivity index (χ3v) is 5.11. The van der Waals surface area contributed by atoms with Crippen molar-refractivity contribution in [3.8, 4) is 0 Å². The van der Waals surface area contributed by atoms with E-state index in [0.717, 1.165) is 14.4 Å². The summed E-state index contributed by atoms with van der Waals surface area (Å²) < 4.78 is 0.836. The Labute approximate surface area is 116 Å². The molecule has 0 aliphatic carbocycles. The van der Waals surface area contributed by atoms with Crippen LogP contribution in [0.3, 0.4) is 0 Å². The minimum absolute atomic E-state index is 0.0600. The van der Waals surface area contributed by atoms with Gasteiger partial charge in [-0.3, -0.25) is 4.79 Å². The molecule has 2 aromatic heterocycles. The fourth-order valence-corrected chi connectivity index (χ4v) is 3.58. The first kappa shape index (κ1) is 12.7. The van der Waals surface area contributed by atoms with E-state index in [1.54, 1.807) is 11.3 Å². The minimum atomic E-state index is -0.0628. The van der Waals surface area contributed by atoms with Crippen molar-refractivity contribution < 1.29 is 4.79 Å². The number of carbonyl (C=O) groups excluding carboxylic acids is 1. The van der Waals surface area contributed by atoms with Gasteiger partial charge in [0.25, 0.3) is 5.91 Å². The SMILES string of the molecule is Cc1cnc(C(C)NC(=O)c2sccc2Br)s1. The van der Waals surface area contributed by atoms with Crippen LogP contribution < -0.4 is 5.32 Å². The van der Waals surface area contributed by atoms with Crippen molar-refractivity contribution in [2.45, 2.75) is 19.9 Å². The lowest BCUT2D eigenvalue weighted by Crippen LogP contribution is -2.26. The number of amides is 1. The van der Waals surface area contributed by atoms with Crippen molar-refractivity contribution in [2.24, 2.45) is 0 Å². The summed E-state index contributed by atoms with van der Waals surface area (Å²) >= 11 is 6.38. The molecule has 1 amide bonds. The molecule has 0 aromatic carbocycles. The van der Waals surface area contributed by atoms with Gasteiger partial charge in [-0.15, -0.1) is 22.7 Å². The van der Waals surface area contributed by atoms with Crippen molar-refractivity contribution in [1.82, 2.24) is 10.3 Å². The van der Waals surface area contributed by atoms with Crippen molar-refractivity contribution in [3.05, 3.63) is 36.9 Å². The lowest BCUT2D eigenvalue weighted by atomic mass is 10.3. The summed E-state index contributed by atoms with van der Waals surface area (Å²) in [6.45, 7) is 3.95. The molecule has 0 aliphatic heterocycles. The molecule has 1 atom stereocenters. The number of nitrogens with zero attached hydrogens (tertiary/aromatic N) is 1. The number of halogens is 1. The lowest BCUT2D eigenvalue weighted by Gasteiger charge is -2.10. The Hall–Kier alpha value is -0.720. The van der Waals surface area contributed by atoms with Crippen LogP contribution in [-0.2, 0) is 0 Å². The van der Waals surface area contributed by atoms with E-state index in [1.165, 1.54) is 11.3 Å². The van der Waals surface area contributed by atoms with Crippen molar-refractivity contribution >= 4 is 44.5 Å². The minimum Gasteiger partial charge on any atom is -0.342 e. The lowest BCUT2D eigenvalue weighted by molar-refractivity contribution is 0.0943. The second-order valence-electron chi connectivity index (χ2n) is 3.60. The molecule has 0 saturated heterocycles. The Morgan fingerprint density at radius 1 is 1.59 bits per heavy atom. The largest absolute Gasteiger partial charge is 0.342 e. The van der Waals surface area contributed by atoms with E-state index in [-0.39, 0.29) is 11.9 Å². The number of thiazole rings is 1. The Balaban J connectivity index is 2.07. The summed E-state index contributed by atoms with van der Waals surface area (Å²) in [5, 5.41) is 5.76. The highest BCUT2D eigenvalue weighted by atomic mass is 79.9. The van der Waals surface area contributed by atoms with E-state index < -0.39 is 0 Å². The molecule has 1 unspecified atom stereocenters. The van der Waals surface area contributed by atoms with Crippen LogP contribution in [0, 0.1) is 6.92 Å². The molecule has 0 aliphatic rings. The third-order valence-electron chi connectivity index (χ3n) is 2.18. The van der Waals surface area contributed by atoms with Gasteiger partial charge in [-0.2, -0.15) is 0 Å². The van der Waals surface area contributed by atoms with Crippen molar-refractivity contribution in [1.29, 1.82) is 0 Å². The van der Waals surface area contributed by atoms with Gasteiger partial charge in [-0.25, -0.2) is 4.98 Å². The Bertz CT molecular complexity index is 535. The maximum absolute atomic E-state index is 12.0. The Morgan fingerprint density at radius 3 is 2.88 bits per heavy atom. The van der Waals surface area contributed by atoms with Crippen LogP contribution in [0.4, 0.5) is 0 Å². The maximum Gasteiger partial charge on any atom is 0.263 e. The molecule has 2 aromatic rings. The van der Waals surface area contributed by atoms with Crippen LogP contribution in [0.5, 0.6) is 0 Å². The normalized spacial score (nSPS) is 12.4. The topological polar surface area (TPSA) is 42.0 Å². The third kappa shape index (κ3) is 2.94. The first-order chi connectivity index (χ1) is 8.08. The molecule has 0 fully saturated rings. The van der Waals surface area contributed by atoms with Gasteiger partial charge in [0, 0.05) is 15.5 Å². The molecule has 2 heterocycles. The highest BCUT2D eigenvalue weighted by molar-refractivity contribution is 9.10. The number of aromatic nitrogens is 1. The molecule has 1 N–H and O–H groups in total. The molecule has 0 bridgehead atoms. The summed E-state index contributed by atoms with van der Waals surface area (Å²) in [7, 11) is 0. The van der Waals surface area contributed by atoms with Gasteiger partial charge in [0.2, 0.25) is 0 Å². The first-order valence-corrected chi connectivity index (χ1v) is 7.53. The number of carbonyl (C=O) groups is 1. The van der Waals surface area contributed by atoms with E-state index in [9.17, 15) is 4.79 Å². The van der Waals surface area contributed by atoms with Gasteiger partial charge in [-0.05, 0) is 41.2 Å². The van der Waals surface area contributed by atoms with Gasteiger partial charge < -0.3 is 5.32 Å². The highest BCUT2D eigenvalue weighted by Crippen LogP contribution is 2.24. The molecule has 90 valence electrons. The zero-order valence-electron chi connectivity index (χ0n) is 9.36. The fourth-order valence-electron chi connectivity index (χ4n) is 1.35. The smallest absolute Gasteiger partial charge is 0.263 e. The Morgan fingerprint density at radius 2 is 2.35 bits per heavy atom. The van der Waals surface area contributed by atoms with Gasteiger partial charge >= 0.3 is 0 Å². The molecule has 0 saturated carbocycles. The quantitative estimate of drug-likeness (QED) is 0.930. The van der Waals surface area contributed by atoms with E-state index in [0.29, 0.717) is 4.88 Å². The zero-order chi connectivity index (χ0) is 12.4. The van der Waals surface area contributed by atoms with Gasteiger partial charge in [-0.1, -0.05) is 0 Å². The predicted octanol–water partition coefficient (Wildman–Crippen LogP) is 3.77. The number of hydrogen-bond acceptors (Lipinski definition) is 4. The highest BCUT2D eigenvalue weighted by Gasteiger charge is 2.16. The van der Waals surface area contributed by atoms with Crippen LogP contribution in [0.1, 0.15) is 32.5 Å². The summed E-state index contributed by atoms with van der Waals surface area (Å²) in [5.74, 6) is -0.0628. The monoisotopic (exact) mass is 330 g/mol. The molecular formula is C11H11BrN2OS2. The fraction of sp³-hybridized carbons (Fsp3) is 0.273. The van der Waals surface area contributed by atoms with E-state index in [4.69, 9.17) is 0 Å². The van der Waals surface area contributed by atoms with E-state index in [2.05, 4.69) is 26.2 Å². The second-order valence-corrected chi connectivity index (χ2v) is 6.64. The molecule has 17 heavy (non-hydrogen) atoms. The van der Waals surface area contributed by atoms with Crippen LogP contribution >= 0.6 is 38.6 Å². The van der Waals surface area contributed by atoms with Crippen LogP contribution in [0.15, 0.2) is 22.1 Å². The molecule has 0 spiro atoms. The number of thiophene rings is 1. The zero-order valence-corrected chi connectivity index (χ0v) is 12.6. The van der Waals surface area contributed by atoms with Crippen LogP contribution in [0.2, 0.25) is 0 Å². The average Bonchev–Trinajstić information content (AvgIpc) is 2.86. The summed E-state index contributed by atoms with van der Waals surface area (Å²) in [6, 6.07) is 1.81. The molecular weight excluding hydrogens is 320 g/mol. The number of aryl methyl sites for hydroxylation is 1. The molecule has 6 heteroatoms. The first-order valence-electron chi connectivity index (χ1n) is 5.04. The summed E-state index contributed by atoms with van der Waals surface area (Å²) in [4.78, 5) is 18.1. The summed E-state index contributed by atoms with van der Waals surface area (Å²) in [6.07, 6.45) is 1.82. The second kappa shape index (κ2) is 5.29. The number of hydrogen-bond donors (Lipinski definition) is 1. The Kier molecular flexibility index (Phi) is 3.96. The van der Waals surface area contributed by atoms with Gasteiger partial charge in [0.1, 0.15) is 9.88 Å². The standard InChI is InChI=1S/C11H11BrN2OS2/c1-6-5-13-11(17-6)7(2)14-10(15)9-8(12)3-4-16-9/h3-5,7H,1-2H3,(H,14,15). The van der Waals surface area contributed by atoms with Crippen molar-refractivity contribution in [2.75, 3.05) is 0 Å². The molecule has 0 radical (unpaired) electrons. The van der Waals surface area contributed by atoms with Crippen molar-refractivity contribution in [3.63, 3.8) is 0 Å². The number of nitrogens with one attached hydrogen (secondary N) is 1. The van der Waals surface area contributed by atoms with Gasteiger partial charge in [0.05, 0.1) is 6.04 Å². The number of rotatable bonds is 3.